The van der Waals surface area contributed by atoms with Crippen LogP contribution in [0.15, 0.2) is 24.3 Å². The highest BCUT2D eigenvalue weighted by Gasteiger charge is 2.09. The van der Waals surface area contributed by atoms with Gasteiger partial charge in [-0.3, -0.25) is 4.90 Å². The number of hydrogen-bond donors (Lipinski definition) is 1. The first-order valence-corrected chi connectivity index (χ1v) is 8.11. The van der Waals surface area contributed by atoms with E-state index in [0.29, 0.717) is 0 Å². The van der Waals surface area contributed by atoms with Crippen molar-refractivity contribution in [2.24, 2.45) is 0 Å². The molecule has 0 spiro atoms. The number of unbranched alkanes of at least 4 members (excludes halogenated alkanes) is 1. The Bertz CT molecular complexity index is 392. The van der Waals surface area contributed by atoms with E-state index in [-0.39, 0.29) is 0 Å². The van der Waals surface area contributed by atoms with Crippen molar-refractivity contribution < 1.29 is 9.47 Å². The second-order valence-corrected chi connectivity index (χ2v) is 5.44. The van der Waals surface area contributed by atoms with Gasteiger partial charge in [-0.15, -0.1) is 0 Å². The van der Waals surface area contributed by atoms with Gasteiger partial charge >= 0.3 is 0 Å². The summed E-state index contributed by atoms with van der Waals surface area (Å²) in [6, 6.07) is 8.32. The fraction of sp³-hybridized carbons (Fsp3) is 0.647. The third kappa shape index (κ3) is 6.04. The van der Waals surface area contributed by atoms with Gasteiger partial charge in [0.2, 0.25) is 0 Å². The monoisotopic (exact) mass is 292 g/mol. The van der Waals surface area contributed by atoms with Crippen LogP contribution in [0.1, 0.15) is 25.3 Å². The first-order chi connectivity index (χ1) is 10.4. The molecule has 118 valence electrons. The molecule has 0 aromatic heterocycles. The summed E-state index contributed by atoms with van der Waals surface area (Å²) in [6.07, 6.45) is 2.28. The number of para-hydroxylation sites is 1. The molecule has 0 amide bonds. The molecule has 0 radical (unpaired) electrons. The van der Waals surface area contributed by atoms with E-state index < -0.39 is 0 Å². The fourth-order valence-electron chi connectivity index (χ4n) is 2.40. The normalized spacial score (nSPS) is 16.0. The average molecular weight is 292 g/mol. The van der Waals surface area contributed by atoms with Crippen molar-refractivity contribution in [2.45, 2.75) is 26.3 Å². The zero-order valence-electron chi connectivity index (χ0n) is 13.1. The van der Waals surface area contributed by atoms with Crippen LogP contribution in [0.4, 0.5) is 0 Å². The number of hydrogen-bond acceptors (Lipinski definition) is 4. The molecule has 4 heteroatoms. The highest BCUT2D eigenvalue weighted by Crippen LogP contribution is 2.18. The summed E-state index contributed by atoms with van der Waals surface area (Å²) in [5.74, 6) is 1.02. The van der Waals surface area contributed by atoms with Crippen LogP contribution < -0.4 is 10.1 Å². The van der Waals surface area contributed by atoms with E-state index in [2.05, 4.69) is 35.3 Å². The van der Waals surface area contributed by atoms with Crippen LogP contribution in [-0.4, -0.2) is 50.9 Å². The molecule has 1 aliphatic rings. The van der Waals surface area contributed by atoms with Crippen molar-refractivity contribution in [1.29, 1.82) is 0 Å². The number of morpholine rings is 1. The molecule has 0 aliphatic carbocycles. The summed E-state index contributed by atoms with van der Waals surface area (Å²) >= 11 is 0. The summed E-state index contributed by atoms with van der Waals surface area (Å²) < 4.78 is 11.2. The van der Waals surface area contributed by atoms with Crippen molar-refractivity contribution in [3.63, 3.8) is 0 Å². The van der Waals surface area contributed by atoms with Gasteiger partial charge in [0.15, 0.2) is 0 Å². The topological polar surface area (TPSA) is 33.7 Å². The summed E-state index contributed by atoms with van der Waals surface area (Å²) in [6.45, 7) is 9.79. The van der Waals surface area contributed by atoms with E-state index in [4.69, 9.17) is 9.47 Å². The van der Waals surface area contributed by atoms with E-state index in [1.165, 1.54) is 12.0 Å². The van der Waals surface area contributed by atoms with E-state index in [1.54, 1.807) is 0 Å². The molecule has 1 saturated heterocycles. The van der Waals surface area contributed by atoms with Gasteiger partial charge < -0.3 is 14.8 Å². The third-order valence-corrected chi connectivity index (χ3v) is 3.75. The maximum atomic E-state index is 5.86. The Hall–Kier alpha value is -1.10. The first kappa shape index (κ1) is 16.3. The number of ether oxygens (including phenoxy) is 2. The predicted molar refractivity (Wildman–Crippen MR) is 85.8 cm³/mol. The molecule has 1 N–H and O–H groups in total. The van der Waals surface area contributed by atoms with Gasteiger partial charge in [0, 0.05) is 38.3 Å². The van der Waals surface area contributed by atoms with Crippen LogP contribution in [0, 0.1) is 0 Å². The smallest absolute Gasteiger partial charge is 0.123 e. The summed E-state index contributed by atoms with van der Waals surface area (Å²) in [5.41, 5.74) is 1.25. The summed E-state index contributed by atoms with van der Waals surface area (Å²) in [7, 11) is 0. The van der Waals surface area contributed by atoms with Crippen LogP contribution in [0.5, 0.6) is 5.75 Å². The number of benzene rings is 1. The van der Waals surface area contributed by atoms with E-state index in [9.17, 15) is 0 Å². The second-order valence-electron chi connectivity index (χ2n) is 5.44. The molecule has 1 aromatic carbocycles. The van der Waals surface area contributed by atoms with E-state index >= 15 is 0 Å². The van der Waals surface area contributed by atoms with Crippen molar-refractivity contribution in [3.05, 3.63) is 29.8 Å². The Labute approximate surface area is 128 Å². The zero-order chi connectivity index (χ0) is 14.8. The molecule has 1 aliphatic heterocycles. The molecular formula is C17H28N2O2. The lowest BCUT2D eigenvalue weighted by atomic mass is 10.2. The Morgan fingerprint density at radius 3 is 2.86 bits per heavy atom. The average Bonchev–Trinajstić information content (AvgIpc) is 2.54. The van der Waals surface area contributed by atoms with Crippen molar-refractivity contribution in [1.82, 2.24) is 10.2 Å². The molecule has 0 unspecified atom stereocenters. The molecule has 21 heavy (non-hydrogen) atoms. The number of nitrogens with one attached hydrogen (secondary N) is 1. The molecule has 2 rings (SSSR count). The summed E-state index contributed by atoms with van der Waals surface area (Å²) in [4.78, 5) is 2.44. The minimum atomic E-state index is 0.807. The Balaban J connectivity index is 1.69. The molecule has 1 heterocycles. The number of nitrogens with zero attached hydrogens (tertiary/aromatic N) is 1. The lowest BCUT2D eigenvalue weighted by molar-refractivity contribution is 0.0384. The van der Waals surface area contributed by atoms with Gasteiger partial charge in [0.05, 0.1) is 19.8 Å². The van der Waals surface area contributed by atoms with Gasteiger partial charge in [-0.1, -0.05) is 31.5 Å². The minimum Gasteiger partial charge on any atom is -0.493 e. The maximum absolute atomic E-state index is 5.86. The van der Waals surface area contributed by atoms with Crippen LogP contribution in [0.25, 0.3) is 0 Å². The highest BCUT2D eigenvalue weighted by molar-refractivity contribution is 5.33. The highest BCUT2D eigenvalue weighted by atomic mass is 16.5. The van der Waals surface area contributed by atoms with Crippen LogP contribution >= 0.6 is 0 Å². The predicted octanol–water partition coefficient (Wildman–Crippen LogP) is 2.29. The first-order valence-electron chi connectivity index (χ1n) is 8.11. The molecule has 4 nitrogen and oxygen atoms in total. The lowest BCUT2D eigenvalue weighted by Crippen LogP contribution is -2.40. The van der Waals surface area contributed by atoms with E-state index in [1.807, 2.05) is 6.07 Å². The Kier molecular flexibility index (Phi) is 7.57. The molecule has 1 fully saturated rings. The van der Waals surface area contributed by atoms with Crippen LogP contribution in [0.3, 0.4) is 0 Å². The van der Waals surface area contributed by atoms with Gasteiger partial charge in [-0.25, -0.2) is 0 Å². The summed E-state index contributed by atoms with van der Waals surface area (Å²) in [5, 5.41) is 3.52. The third-order valence-electron chi connectivity index (χ3n) is 3.75. The van der Waals surface area contributed by atoms with E-state index in [0.717, 1.165) is 64.7 Å². The molecule has 0 bridgehead atoms. The molecule has 0 atom stereocenters. The van der Waals surface area contributed by atoms with Crippen molar-refractivity contribution in [3.8, 4) is 5.75 Å². The van der Waals surface area contributed by atoms with Crippen molar-refractivity contribution in [2.75, 3.05) is 46.0 Å². The van der Waals surface area contributed by atoms with Gasteiger partial charge in [0.1, 0.15) is 5.75 Å². The lowest BCUT2D eigenvalue weighted by Gasteiger charge is -2.26. The zero-order valence-corrected chi connectivity index (χ0v) is 13.1. The largest absolute Gasteiger partial charge is 0.493 e. The van der Waals surface area contributed by atoms with Crippen LogP contribution in [-0.2, 0) is 11.3 Å². The van der Waals surface area contributed by atoms with Crippen LogP contribution in [0.2, 0.25) is 0 Å². The Morgan fingerprint density at radius 1 is 1.24 bits per heavy atom. The molecule has 0 saturated carbocycles. The van der Waals surface area contributed by atoms with Gasteiger partial charge in [0.25, 0.3) is 0 Å². The molecule has 1 aromatic rings. The van der Waals surface area contributed by atoms with Crippen molar-refractivity contribution >= 4 is 0 Å². The SMILES string of the molecule is CCCCOc1ccccc1CNCCN1CCOCC1. The molecular weight excluding hydrogens is 264 g/mol. The van der Waals surface area contributed by atoms with Gasteiger partial charge in [-0.2, -0.15) is 0 Å². The minimum absolute atomic E-state index is 0.807. The maximum Gasteiger partial charge on any atom is 0.123 e. The quantitative estimate of drug-likeness (QED) is 0.708. The second kappa shape index (κ2) is 9.77. The van der Waals surface area contributed by atoms with Gasteiger partial charge in [-0.05, 0) is 12.5 Å². The fourth-order valence-corrected chi connectivity index (χ4v) is 2.40. The number of rotatable bonds is 9. The standard InChI is InChI=1S/C17H28N2O2/c1-2-3-12-21-17-7-5-4-6-16(17)15-18-8-9-19-10-13-20-14-11-19/h4-7,18H,2-3,8-15H2,1H3. The Morgan fingerprint density at radius 2 is 2.05 bits per heavy atom.